The summed E-state index contributed by atoms with van der Waals surface area (Å²) in [5, 5.41) is -0.163. The first kappa shape index (κ1) is 20.9. The summed E-state index contributed by atoms with van der Waals surface area (Å²) < 4.78 is 38.2. The van der Waals surface area contributed by atoms with Gasteiger partial charge < -0.3 is 14.6 Å². The molecule has 1 N–H and O–H groups in total. The molecule has 0 aliphatic carbocycles. The predicted molar refractivity (Wildman–Crippen MR) is 79.7 cm³/mol. The number of rotatable bonds is 5. The standard InChI is InChI=1S/C13H13ClN2O6S.Na/c1-8(17)9-2-4-10(5-3-9)22-7-16-6-11(14)12(15-13(16)18)23(19,20)21;/h2-6,12H,7H2,1H3,(H,15,18)(H,19,20,21);/q;+1/p-1. The van der Waals surface area contributed by atoms with Crippen LogP contribution in [0.5, 0.6) is 5.75 Å². The Bertz CT molecular complexity index is 765. The van der Waals surface area contributed by atoms with Crippen molar-refractivity contribution in [2.45, 2.75) is 12.3 Å². The predicted octanol–water partition coefficient (Wildman–Crippen LogP) is -1.79. The minimum atomic E-state index is -4.79. The van der Waals surface area contributed by atoms with E-state index < -0.39 is 21.5 Å². The van der Waals surface area contributed by atoms with Gasteiger partial charge in [-0.15, -0.1) is 0 Å². The van der Waals surface area contributed by atoms with E-state index in [4.69, 9.17) is 16.3 Å². The van der Waals surface area contributed by atoms with Crippen LogP contribution in [-0.2, 0) is 10.1 Å². The Morgan fingerprint density at radius 3 is 2.46 bits per heavy atom. The fourth-order valence-electron chi connectivity index (χ4n) is 1.78. The molecular weight excluding hydrogens is 371 g/mol. The summed E-state index contributed by atoms with van der Waals surface area (Å²) in [5.74, 6) is 0.303. The van der Waals surface area contributed by atoms with E-state index in [1.54, 1.807) is 24.3 Å². The Kier molecular flexibility index (Phi) is 7.26. The van der Waals surface area contributed by atoms with Gasteiger partial charge in [0, 0.05) is 11.8 Å². The Labute approximate surface area is 165 Å². The zero-order valence-corrected chi connectivity index (χ0v) is 16.4. The van der Waals surface area contributed by atoms with Crippen molar-refractivity contribution in [3.8, 4) is 5.75 Å². The average Bonchev–Trinajstić information content (AvgIpc) is 2.47. The number of amides is 2. The number of nitrogens with one attached hydrogen (secondary N) is 1. The van der Waals surface area contributed by atoms with E-state index in [0.29, 0.717) is 11.3 Å². The zero-order chi connectivity index (χ0) is 17.2. The molecule has 0 radical (unpaired) electrons. The van der Waals surface area contributed by atoms with Gasteiger partial charge in [0.25, 0.3) is 0 Å². The van der Waals surface area contributed by atoms with Gasteiger partial charge in [0.05, 0.1) is 5.03 Å². The van der Waals surface area contributed by atoms with Crippen molar-refractivity contribution in [1.82, 2.24) is 10.2 Å². The number of hydrogen-bond acceptors (Lipinski definition) is 6. The van der Waals surface area contributed by atoms with Crippen LogP contribution in [0.25, 0.3) is 0 Å². The molecule has 1 aliphatic rings. The molecule has 0 aromatic heterocycles. The third-order valence-corrected chi connectivity index (χ3v) is 4.36. The molecule has 8 nitrogen and oxygen atoms in total. The first-order valence-electron chi connectivity index (χ1n) is 6.31. The van der Waals surface area contributed by atoms with Crippen LogP contribution >= 0.6 is 11.6 Å². The summed E-state index contributed by atoms with van der Waals surface area (Å²) in [7, 11) is -4.79. The number of Topliss-reactive ketones (excluding diaryl/α,β-unsaturated/α-hetero) is 1. The topological polar surface area (TPSA) is 116 Å². The minimum absolute atomic E-state index is 0. The second-order valence-corrected chi connectivity index (χ2v) is 6.55. The molecule has 2 rings (SSSR count). The third kappa shape index (κ3) is 5.20. The molecule has 1 aromatic carbocycles. The molecule has 24 heavy (non-hydrogen) atoms. The van der Waals surface area contributed by atoms with Crippen LogP contribution in [0, 0.1) is 0 Å². The van der Waals surface area contributed by atoms with Crippen molar-refractivity contribution in [3.05, 3.63) is 41.1 Å². The Balaban J connectivity index is 0.00000288. The summed E-state index contributed by atoms with van der Waals surface area (Å²) >= 11 is 5.70. The van der Waals surface area contributed by atoms with Crippen LogP contribution in [0.1, 0.15) is 17.3 Å². The number of carbonyl (C=O) groups is 2. The largest absolute Gasteiger partial charge is 1.00 e. The van der Waals surface area contributed by atoms with Crippen LogP contribution in [0.2, 0.25) is 0 Å². The molecule has 1 unspecified atom stereocenters. The van der Waals surface area contributed by atoms with Crippen molar-refractivity contribution >= 4 is 33.5 Å². The quantitative estimate of drug-likeness (QED) is 0.365. The van der Waals surface area contributed by atoms with Gasteiger partial charge >= 0.3 is 35.6 Å². The monoisotopic (exact) mass is 382 g/mol. The number of urea groups is 1. The molecule has 1 atom stereocenters. The fraction of sp³-hybridized carbons (Fsp3) is 0.231. The number of carbonyl (C=O) groups excluding carboxylic acids is 2. The van der Waals surface area contributed by atoms with Crippen LogP contribution in [-0.4, -0.2) is 41.8 Å². The number of nitrogens with zero attached hydrogens (tertiary/aromatic N) is 1. The number of benzene rings is 1. The first-order valence-corrected chi connectivity index (χ1v) is 8.16. The molecule has 1 aliphatic heterocycles. The molecule has 0 spiro atoms. The third-order valence-electron chi connectivity index (χ3n) is 2.96. The normalized spacial score (nSPS) is 17.5. The summed E-state index contributed by atoms with van der Waals surface area (Å²) in [6, 6.07) is 5.40. The average molecular weight is 383 g/mol. The van der Waals surface area contributed by atoms with Crippen LogP contribution < -0.4 is 39.6 Å². The summed E-state index contributed by atoms with van der Waals surface area (Å²) in [4.78, 5) is 23.9. The molecule has 1 heterocycles. The number of ether oxygens (including phenoxy) is 1. The second-order valence-electron chi connectivity index (χ2n) is 4.66. The molecule has 0 saturated carbocycles. The van der Waals surface area contributed by atoms with E-state index >= 15 is 0 Å². The molecule has 11 heteroatoms. The van der Waals surface area contributed by atoms with E-state index in [9.17, 15) is 22.6 Å². The second kappa shape index (κ2) is 8.32. The van der Waals surface area contributed by atoms with Gasteiger partial charge in [-0.2, -0.15) is 0 Å². The molecule has 1 aromatic rings. The Morgan fingerprint density at radius 2 is 1.96 bits per heavy atom. The number of halogens is 1. The maximum atomic E-state index is 11.7. The molecule has 124 valence electrons. The molecule has 0 fully saturated rings. The van der Waals surface area contributed by atoms with Crippen molar-refractivity contribution in [2.75, 3.05) is 6.73 Å². The minimum Gasteiger partial charge on any atom is -0.746 e. The van der Waals surface area contributed by atoms with E-state index in [-0.39, 0.29) is 47.1 Å². The maximum Gasteiger partial charge on any atom is 1.00 e. The molecule has 0 bridgehead atoms. The van der Waals surface area contributed by atoms with Crippen LogP contribution in [0.3, 0.4) is 0 Å². The molecule has 2 amide bonds. The van der Waals surface area contributed by atoms with Gasteiger partial charge in [-0.25, -0.2) is 13.2 Å². The number of hydrogen-bond donors (Lipinski definition) is 1. The smallest absolute Gasteiger partial charge is 0.746 e. The Hall–Kier alpha value is -1.10. The van der Waals surface area contributed by atoms with Crippen LogP contribution in [0.4, 0.5) is 4.79 Å². The van der Waals surface area contributed by atoms with Crippen molar-refractivity contribution in [3.63, 3.8) is 0 Å². The van der Waals surface area contributed by atoms with Gasteiger partial charge in [0.15, 0.2) is 17.9 Å². The zero-order valence-electron chi connectivity index (χ0n) is 12.9. The maximum absolute atomic E-state index is 11.7. The van der Waals surface area contributed by atoms with E-state index in [1.165, 1.54) is 6.92 Å². The van der Waals surface area contributed by atoms with Gasteiger partial charge in [-0.1, -0.05) is 11.6 Å². The van der Waals surface area contributed by atoms with Crippen LogP contribution in [0.15, 0.2) is 35.5 Å². The number of ketones is 1. The summed E-state index contributed by atoms with van der Waals surface area (Å²) in [6.07, 6.45) is 1.02. The van der Waals surface area contributed by atoms with Gasteiger partial charge in [0.1, 0.15) is 15.9 Å². The fourth-order valence-corrected chi connectivity index (χ4v) is 2.86. The van der Waals surface area contributed by atoms with Crippen molar-refractivity contribution in [2.24, 2.45) is 0 Å². The van der Waals surface area contributed by atoms with Crippen molar-refractivity contribution < 1.29 is 56.9 Å². The summed E-state index contributed by atoms with van der Waals surface area (Å²) in [6.45, 7) is 1.17. The van der Waals surface area contributed by atoms with Gasteiger partial charge in [-0.3, -0.25) is 9.69 Å². The van der Waals surface area contributed by atoms with E-state index in [2.05, 4.69) is 0 Å². The summed E-state index contributed by atoms with van der Waals surface area (Å²) in [5.41, 5.74) is 0.513. The first-order chi connectivity index (χ1) is 10.7. The molecule has 0 saturated heterocycles. The van der Waals surface area contributed by atoms with Crippen molar-refractivity contribution in [1.29, 1.82) is 0 Å². The van der Waals surface area contributed by atoms with E-state index in [0.717, 1.165) is 11.1 Å². The Morgan fingerprint density at radius 1 is 1.38 bits per heavy atom. The SMILES string of the molecule is CC(=O)c1ccc(OCN2C=C(Cl)C(S(=O)(=O)[O-])NC2=O)cc1.[Na+]. The molecular formula is C13H12ClN2NaO6S. The van der Waals surface area contributed by atoms with Gasteiger partial charge in [-0.05, 0) is 31.2 Å². The van der Waals surface area contributed by atoms with Gasteiger partial charge in [0.2, 0.25) is 0 Å². The van der Waals surface area contributed by atoms with E-state index in [1.807, 2.05) is 5.32 Å².